The quantitative estimate of drug-likeness (QED) is 0.191. The van der Waals surface area contributed by atoms with Crippen LogP contribution in [0, 0.1) is 0 Å². The van der Waals surface area contributed by atoms with E-state index in [1.54, 1.807) is 6.21 Å². The number of hydrogen-bond acceptors (Lipinski definition) is 4. The molecule has 5 heteroatoms. The van der Waals surface area contributed by atoms with Crippen LogP contribution in [0.25, 0.3) is 33.3 Å². The van der Waals surface area contributed by atoms with Crippen LogP contribution >= 0.6 is 0 Å². The van der Waals surface area contributed by atoms with Crippen molar-refractivity contribution in [3.63, 3.8) is 0 Å². The summed E-state index contributed by atoms with van der Waals surface area (Å²) in [6.07, 6.45) is 3.62. The minimum atomic E-state index is -0.280. The monoisotopic (exact) mass is 522 g/mol. The molecular weight excluding hydrogens is 492 g/mol. The highest BCUT2D eigenvalue weighted by Gasteiger charge is 2.37. The zero-order valence-electron chi connectivity index (χ0n) is 22.8. The highest BCUT2D eigenvalue weighted by atomic mass is 16.2. The standard InChI is InChI=1S/C35H30N4O/c1-35(2)29-14-8-10-16-32(29)39(3)33(35)21-22-36-38-34(40)28-23-31(37-30-15-9-7-13-27(28)30)26-19-17-25(18-20-26)24-11-5-4-6-12-24/h4-23H,1-3H3,(H,38,40). The number of hydrogen-bond donors (Lipinski definition) is 1. The second kappa shape index (κ2) is 10.3. The van der Waals surface area contributed by atoms with Gasteiger partial charge in [0.2, 0.25) is 0 Å². The summed E-state index contributed by atoms with van der Waals surface area (Å²) < 4.78 is 0. The zero-order chi connectivity index (χ0) is 27.7. The number of pyridine rings is 1. The van der Waals surface area contributed by atoms with Gasteiger partial charge in [-0.25, -0.2) is 10.4 Å². The molecule has 2 heterocycles. The highest BCUT2D eigenvalue weighted by Crippen LogP contribution is 2.46. The number of rotatable bonds is 5. The number of nitrogens with one attached hydrogen (secondary N) is 1. The van der Waals surface area contributed by atoms with Crippen molar-refractivity contribution in [2.45, 2.75) is 19.3 Å². The van der Waals surface area contributed by atoms with E-state index in [1.165, 1.54) is 11.3 Å². The third-order valence-corrected chi connectivity index (χ3v) is 7.66. The molecule has 0 bridgehead atoms. The normalized spacial score (nSPS) is 15.1. The molecule has 40 heavy (non-hydrogen) atoms. The number of likely N-dealkylation sites (N-methyl/N-ethyl adjacent to an activating group) is 1. The van der Waals surface area contributed by atoms with Crippen molar-refractivity contribution in [2.24, 2.45) is 5.10 Å². The second-order valence-electron chi connectivity index (χ2n) is 10.5. The maximum absolute atomic E-state index is 13.4. The van der Waals surface area contributed by atoms with Crippen molar-refractivity contribution in [1.29, 1.82) is 0 Å². The molecule has 6 rings (SSSR count). The summed E-state index contributed by atoms with van der Waals surface area (Å²) in [5.74, 6) is -0.280. The second-order valence-corrected chi connectivity index (χ2v) is 10.5. The molecule has 0 radical (unpaired) electrons. The number of aromatic nitrogens is 1. The number of amides is 1. The number of fused-ring (bicyclic) bond motifs is 2. The van der Waals surface area contributed by atoms with E-state index in [2.05, 4.69) is 78.8 Å². The third kappa shape index (κ3) is 4.56. The van der Waals surface area contributed by atoms with Gasteiger partial charge in [-0.2, -0.15) is 5.10 Å². The molecule has 5 aromatic rings. The summed E-state index contributed by atoms with van der Waals surface area (Å²) >= 11 is 0. The molecule has 1 aliphatic heterocycles. The third-order valence-electron chi connectivity index (χ3n) is 7.66. The lowest BCUT2D eigenvalue weighted by Gasteiger charge is -2.23. The predicted molar refractivity (Wildman–Crippen MR) is 165 cm³/mol. The van der Waals surface area contributed by atoms with E-state index in [1.807, 2.05) is 72.8 Å². The fourth-order valence-electron chi connectivity index (χ4n) is 5.54. The number of para-hydroxylation sites is 2. The van der Waals surface area contributed by atoms with Gasteiger partial charge in [-0.3, -0.25) is 4.79 Å². The molecule has 0 saturated heterocycles. The molecule has 1 N–H and O–H groups in total. The predicted octanol–water partition coefficient (Wildman–Crippen LogP) is 7.60. The first-order chi connectivity index (χ1) is 19.4. The number of nitrogens with zero attached hydrogens (tertiary/aromatic N) is 3. The van der Waals surface area contributed by atoms with E-state index in [4.69, 9.17) is 4.98 Å². The first kappa shape index (κ1) is 25.3. The summed E-state index contributed by atoms with van der Waals surface area (Å²) in [4.78, 5) is 20.4. The Kier molecular flexibility index (Phi) is 6.48. The van der Waals surface area contributed by atoms with Crippen molar-refractivity contribution in [2.75, 3.05) is 11.9 Å². The Morgan fingerprint density at radius 1 is 0.825 bits per heavy atom. The maximum atomic E-state index is 13.4. The molecule has 0 spiro atoms. The molecule has 1 aliphatic rings. The van der Waals surface area contributed by atoms with Crippen molar-refractivity contribution in [3.8, 4) is 22.4 Å². The van der Waals surface area contributed by atoms with Crippen molar-refractivity contribution in [3.05, 3.63) is 132 Å². The van der Waals surface area contributed by atoms with E-state index in [0.717, 1.165) is 39.0 Å². The minimum Gasteiger partial charge on any atom is -0.347 e. The summed E-state index contributed by atoms with van der Waals surface area (Å²) in [7, 11) is 2.06. The van der Waals surface area contributed by atoms with Crippen LogP contribution < -0.4 is 10.3 Å². The van der Waals surface area contributed by atoms with Gasteiger partial charge in [0.1, 0.15) is 0 Å². The summed E-state index contributed by atoms with van der Waals surface area (Å²) in [6, 6.07) is 36.4. The highest BCUT2D eigenvalue weighted by molar-refractivity contribution is 6.07. The average molecular weight is 523 g/mol. The molecule has 0 fully saturated rings. The van der Waals surface area contributed by atoms with E-state index in [0.29, 0.717) is 5.56 Å². The minimum absolute atomic E-state index is 0.159. The molecule has 1 amide bonds. The lowest BCUT2D eigenvalue weighted by molar-refractivity contribution is 0.0956. The van der Waals surface area contributed by atoms with Gasteiger partial charge >= 0.3 is 0 Å². The van der Waals surface area contributed by atoms with Gasteiger partial charge in [0.15, 0.2) is 0 Å². The van der Waals surface area contributed by atoms with Gasteiger partial charge in [-0.1, -0.05) is 105 Å². The van der Waals surface area contributed by atoms with Crippen LogP contribution in [0.15, 0.2) is 126 Å². The fourth-order valence-corrected chi connectivity index (χ4v) is 5.54. The van der Waals surface area contributed by atoms with E-state index >= 15 is 0 Å². The van der Waals surface area contributed by atoms with Gasteiger partial charge < -0.3 is 4.90 Å². The summed E-state index contributed by atoms with van der Waals surface area (Å²) in [6.45, 7) is 4.40. The van der Waals surface area contributed by atoms with Gasteiger partial charge in [0, 0.05) is 41.0 Å². The van der Waals surface area contributed by atoms with Crippen LogP contribution in [0.5, 0.6) is 0 Å². The Bertz CT molecular complexity index is 1770. The SMILES string of the molecule is CN1C(=CC=NNC(=O)c2cc(-c3ccc(-c4ccccc4)cc3)nc3ccccc23)C(C)(C)c2ccccc21. The molecule has 0 atom stereocenters. The Morgan fingerprint density at radius 2 is 1.48 bits per heavy atom. The molecule has 5 nitrogen and oxygen atoms in total. The Labute approximate surface area is 234 Å². The molecule has 4 aromatic carbocycles. The smallest absolute Gasteiger partial charge is 0.272 e. The number of anilines is 1. The largest absolute Gasteiger partial charge is 0.347 e. The van der Waals surface area contributed by atoms with Crippen LogP contribution in [-0.2, 0) is 5.41 Å². The molecule has 0 unspecified atom stereocenters. The summed E-state index contributed by atoms with van der Waals surface area (Å²) in [5, 5.41) is 5.06. The first-order valence-corrected chi connectivity index (χ1v) is 13.4. The summed E-state index contributed by atoms with van der Waals surface area (Å²) in [5.41, 5.74) is 11.4. The van der Waals surface area contributed by atoms with Crippen LogP contribution in [0.3, 0.4) is 0 Å². The van der Waals surface area contributed by atoms with Crippen molar-refractivity contribution < 1.29 is 4.79 Å². The van der Waals surface area contributed by atoms with Gasteiger partial charge in [0.05, 0.1) is 16.8 Å². The number of hydrazone groups is 1. The Hall–Kier alpha value is -5.03. The Morgan fingerprint density at radius 3 is 2.25 bits per heavy atom. The zero-order valence-corrected chi connectivity index (χ0v) is 22.8. The van der Waals surface area contributed by atoms with E-state index in [-0.39, 0.29) is 11.3 Å². The van der Waals surface area contributed by atoms with E-state index < -0.39 is 0 Å². The molecule has 196 valence electrons. The number of allylic oxidation sites excluding steroid dienone is 2. The van der Waals surface area contributed by atoms with Crippen molar-refractivity contribution >= 4 is 28.7 Å². The van der Waals surface area contributed by atoms with Crippen LogP contribution in [0.2, 0.25) is 0 Å². The van der Waals surface area contributed by atoms with Gasteiger partial charge in [0.25, 0.3) is 5.91 Å². The number of carbonyl (C=O) groups is 1. The molecule has 0 saturated carbocycles. The van der Waals surface area contributed by atoms with E-state index in [9.17, 15) is 4.79 Å². The van der Waals surface area contributed by atoms with Gasteiger partial charge in [-0.05, 0) is 41.0 Å². The van der Waals surface area contributed by atoms with Gasteiger partial charge in [-0.15, -0.1) is 0 Å². The first-order valence-electron chi connectivity index (χ1n) is 13.4. The number of carbonyl (C=O) groups excluding carboxylic acids is 1. The fraction of sp³-hybridized carbons (Fsp3) is 0.114. The lowest BCUT2D eigenvalue weighted by atomic mass is 9.84. The molecule has 0 aliphatic carbocycles. The molecule has 1 aromatic heterocycles. The molecular formula is C35H30N4O. The average Bonchev–Trinajstić information content (AvgIpc) is 3.19. The van der Waals surface area contributed by atoms with Crippen molar-refractivity contribution in [1.82, 2.24) is 10.4 Å². The van der Waals surface area contributed by atoms with Crippen LogP contribution in [0.1, 0.15) is 29.8 Å². The van der Waals surface area contributed by atoms with Crippen LogP contribution in [-0.4, -0.2) is 24.2 Å². The number of benzene rings is 4. The Balaban J connectivity index is 1.26. The topological polar surface area (TPSA) is 57.6 Å². The maximum Gasteiger partial charge on any atom is 0.272 e. The van der Waals surface area contributed by atoms with Crippen LogP contribution in [0.4, 0.5) is 5.69 Å². The lowest BCUT2D eigenvalue weighted by Crippen LogP contribution is -2.23.